The van der Waals surface area contributed by atoms with Gasteiger partial charge in [-0.05, 0) is 12.8 Å². The first-order valence-electron chi connectivity index (χ1n) is 4.52. The van der Waals surface area contributed by atoms with E-state index >= 15 is 0 Å². The van der Waals surface area contributed by atoms with Crippen molar-refractivity contribution in [2.24, 2.45) is 5.73 Å². The van der Waals surface area contributed by atoms with Crippen LogP contribution in [0.2, 0.25) is 0 Å². The van der Waals surface area contributed by atoms with Crippen LogP contribution in [0.15, 0.2) is 0 Å². The minimum Gasteiger partial charge on any atom is -0.352 e. The quantitative estimate of drug-likeness (QED) is 0.601. The van der Waals surface area contributed by atoms with Crippen LogP contribution in [0.25, 0.3) is 0 Å². The Hall–Kier alpha value is -1.26. The molecule has 5 nitrogen and oxygen atoms in total. The third-order valence-corrected chi connectivity index (χ3v) is 2.49. The zero-order chi connectivity index (χ0) is 9.42. The summed E-state index contributed by atoms with van der Waals surface area (Å²) < 4.78 is 0. The fourth-order valence-corrected chi connectivity index (χ4v) is 1.77. The van der Waals surface area contributed by atoms with E-state index in [2.05, 4.69) is 5.32 Å². The van der Waals surface area contributed by atoms with E-state index in [1.807, 2.05) is 4.90 Å². The molecule has 1 heterocycles. The number of carbonyl (C=O) groups is 2. The molecule has 0 aromatic rings. The first-order chi connectivity index (χ1) is 6.16. The Bertz CT molecular complexity index is 250. The van der Waals surface area contributed by atoms with Gasteiger partial charge in [0, 0.05) is 19.0 Å². The third-order valence-electron chi connectivity index (χ3n) is 2.49. The van der Waals surface area contributed by atoms with Gasteiger partial charge in [-0.3, -0.25) is 4.79 Å². The topological polar surface area (TPSA) is 75.4 Å². The molecule has 0 radical (unpaired) electrons. The summed E-state index contributed by atoms with van der Waals surface area (Å²) in [6.07, 6.45) is 2.61. The van der Waals surface area contributed by atoms with Crippen LogP contribution in [-0.4, -0.2) is 35.5 Å². The summed E-state index contributed by atoms with van der Waals surface area (Å²) in [6.45, 7) is 0.631. The number of rotatable bonds is 2. The Morgan fingerprint density at radius 1 is 1.54 bits per heavy atom. The SMILES string of the molecule is NC(=O)NC1CC(=O)N(C2CC2)C1. The largest absolute Gasteiger partial charge is 0.352 e. The van der Waals surface area contributed by atoms with Crippen LogP contribution in [0.1, 0.15) is 19.3 Å². The van der Waals surface area contributed by atoms with Crippen molar-refractivity contribution in [3.63, 3.8) is 0 Å². The van der Waals surface area contributed by atoms with E-state index in [0.717, 1.165) is 12.8 Å². The van der Waals surface area contributed by atoms with Gasteiger partial charge in [0.1, 0.15) is 0 Å². The van der Waals surface area contributed by atoms with Crippen LogP contribution in [0, 0.1) is 0 Å². The maximum absolute atomic E-state index is 11.4. The zero-order valence-corrected chi connectivity index (χ0v) is 7.32. The Balaban J connectivity index is 1.90. The average Bonchev–Trinajstić information content (AvgIpc) is 2.77. The number of hydrogen-bond donors (Lipinski definition) is 2. The molecule has 0 spiro atoms. The van der Waals surface area contributed by atoms with Crippen molar-refractivity contribution < 1.29 is 9.59 Å². The molecule has 1 atom stereocenters. The average molecular weight is 183 g/mol. The number of hydrogen-bond acceptors (Lipinski definition) is 2. The summed E-state index contributed by atoms with van der Waals surface area (Å²) >= 11 is 0. The van der Waals surface area contributed by atoms with Crippen molar-refractivity contribution in [3.8, 4) is 0 Å². The first kappa shape index (κ1) is 8.34. The van der Waals surface area contributed by atoms with Gasteiger partial charge in [0.15, 0.2) is 0 Å². The van der Waals surface area contributed by atoms with Crippen LogP contribution >= 0.6 is 0 Å². The predicted octanol–water partition coefficient (Wildman–Crippen LogP) is -0.582. The number of amides is 3. The van der Waals surface area contributed by atoms with Crippen LogP contribution in [0.3, 0.4) is 0 Å². The highest BCUT2D eigenvalue weighted by molar-refractivity contribution is 5.81. The molecule has 0 aromatic heterocycles. The van der Waals surface area contributed by atoms with Crippen LogP contribution in [-0.2, 0) is 4.79 Å². The summed E-state index contributed by atoms with van der Waals surface area (Å²) in [5.41, 5.74) is 4.98. The number of primary amides is 1. The van der Waals surface area contributed by atoms with E-state index in [9.17, 15) is 9.59 Å². The van der Waals surface area contributed by atoms with Gasteiger partial charge in [0.2, 0.25) is 5.91 Å². The zero-order valence-electron chi connectivity index (χ0n) is 7.32. The normalized spacial score (nSPS) is 27.8. The molecule has 2 rings (SSSR count). The molecular formula is C8H13N3O2. The standard InChI is InChI=1S/C8H13N3O2/c9-8(13)10-5-3-7(12)11(4-5)6-1-2-6/h5-6H,1-4H2,(H3,9,10,13). The van der Waals surface area contributed by atoms with Crippen LogP contribution in [0.5, 0.6) is 0 Å². The van der Waals surface area contributed by atoms with Gasteiger partial charge in [-0.15, -0.1) is 0 Å². The summed E-state index contributed by atoms with van der Waals surface area (Å²) in [4.78, 5) is 23.8. The molecule has 3 amide bonds. The molecule has 5 heteroatoms. The van der Waals surface area contributed by atoms with Crippen molar-refractivity contribution in [3.05, 3.63) is 0 Å². The fraction of sp³-hybridized carbons (Fsp3) is 0.750. The Morgan fingerprint density at radius 3 is 2.77 bits per heavy atom. The van der Waals surface area contributed by atoms with Crippen LogP contribution in [0.4, 0.5) is 4.79 Å². The minimum atomic E-state index is -0.546. The number of nitrogens with zero attached hydrogens (tertiary/aromatic N) is 1. The Labute approximate surface area is 76.3 Å². The molecule has 1 aliphatic heterocycles. The monoisotopic (exact) mass is 183 g/mol. The molecular weight excluding hydrogens is 170 g/mol. The van der Waals surface area contributed by atoms with Crippen LogP contribution < -0.4 is 11.1 Å². The molecule has 0 aromatic carbocycles. The summed E-state index contributed by atoms with van der Waals surface area (Å²) in [7, 11) is 0. The van der Waals surface area contributed by atoms with E-state index < -0.39 is 6.03 Å². The summed E-state index contributed by atoms with van der Waals surface area (Å²) in [5, 5.41) is 2.56. The van der Waals surface area contributed by atoms with E-state index in [1.54, 1.807) is 0 Å². The second-order valence-corrected chi connectivity index (χ2v) is 3.69. The Kier molecular flexibility index (Phi) is 1.86. The molecule has 1 unspecified atom stereocenters. The van der Waals surface area contributed by atoms with E-state index in [0.29, 0.717) is 19.0 Å². The van der Waals surface area contributed by atoms with Gasteiger partial charge in [-0.1, -0.05) is 0 Å². The number of carbonyl (C=O) groups excluding carboxylic acids is 2. The van der Waals surface area contributed by atoms with Gasteiger partial charge in [0.25, 0.3) is 0 Å². The highest BCUT2D eigenvalue weighted by atomic mass is 16.2. The maximum Gasteiger partial charge on any atom is 0.312 e. The summed E-state index contributed by atoms with van der Waals surface area (Å²) in [6, 6.07) is -0.187. The number of urea groups is 1. The van der Waals surface area contributed by atoms with E-state index in [1.165, 1.54) is 0 Å². The van der Waals surface area contributed by atoms with Gasteiger partial charge < -0.3 is 16.0 Å². The lowest BCUT2D eigenvalue weighted by Crippen LogP contribution is -2.40. The minimum absolute atomic E-state index is 0.0781. The lowest BCUT2D eigenvalue weighted by molar-refractivity contribution is -0.128. The van der Waals surface area contributed by atoms with Crippen molar-refractivity contribution in [2.75, 3.05) is 6.54 Å². The molecule has 3 N–H and O–H groups in total. The summed E-state index contributed by atoms with van der Waals surface area (Å²) in [5.74, 6) is 0.140. The third kappa shape index (κ3) is 1.74. The second-order valence-electron chi connectivity index (χ2n) is 3.69. The Morgan fingerprint density at radius 2 is 2.23 bits per heavy atom. The highest BCUT2D eigenvalue weighted by Crippen LogP contribution is 2.30. The molecule has 2 fully saturated rings. The number of nitrogens with two attached hydrogens (primary N) is 1. The van der Waals surface area contributed by atoms with E-state index in [4.69, 9.17) is 5.73 Å². The van der Waals surface area contributed by atoms with Gasteiger partial charge >= 0.3 is 6.03 Å². The number of nitrogens with one attached hydrogen (secondary N) is 1. The van der Waals surface area contributed by atoms with Crippen molar-refractivity contribution >= 4 is 11.9 Å². The van der Waals surface area contributed by atoms with Gasteiger partial charge in [0.05, 0.1) is 6.04 Å². The lowest BCUT2D eigenvalue weighted by Gasteiger charge is -2.15. The van der Waals surface area contributed by atoms with Gasteiger partial charge in [-0.2, -0.15) is 0 Å². The van der Waals surface area contributed by atoms with E-state index in [-0.39, 0.29) is 11.9 Å². The van der Waals surface area contributed by atoms with Crippen molar-refractivity contribution in [1.82, 2.24) is 10.2 Å². The second kappa shape index (κ2) is 2.90. The molecule has 1 saturated heterocycles. The molecule has 0 bridgehead atoms. The predicted molar refractivity (Wildman–Crippen MR) is 45.9 cm³/mol. The van der Waals surface area contributed by atoms with Gasteiger partial charge in [-0.25, -0.2) is 4.79 Å². The fourth-order valence-electron chi connectivity index (χ4n) is 1.77. The lowest BCUT2D eigenvalue weighted by atomic mass is 10.3. The first-order valence-corrected chi connectivity index (χ1v) is 4.52. The molecule has 13 heavy (non-hydrogen) atoms. The maximum atomic E-state index is 11.4. The van der Waals surface area contributed by atoms with Crippen molar-refractivity contribution in [2.45, 2.75) is 31.3 Å². The van der Waals surface area contributed by atoms with Crippen molar-refractivity contribution in [1.29, 1.82) is 0 Å². The number of likely N-dealkylation sites (tertiary alicyclic amines) is 1. The molecule has 1 saturated carbocycles. The molecule has 2 aliphatic rings. The smallest absolute Gasteiger partial charge is 0.312 e. The molecule has 72 valence electrons. The highest BCUT2D eigenvalue weighted by Gasteiger charge is 2.39. The molecule has 1 aliphatic carbocycles.